The quantitative estimate of drug-likeness (QED) is 0.112. The van der Waals surface area contributed by atoms with Gasteiger partial charge in [-0.15, -0.1) is 0 Å². The van der Waals surface area contributed by atoms with Crippen LogP contribution in [0.4, 0.5) is 0 Å². The number of carbonyl (C=O) groups is 2. The molecule has 2 aromatic carbocycles. The van der Waals surface area contributed by atoms with Crippen LogP contribution in [0.25, 0.3) is 0 Å². The summed E-state index contributed by atoms with van der Waals surface area (Å²) in [6.07, 6.45) is 6.36. The molecule has 4 nitrogen and oxygen atoms in total. The lowest BCUT2D eigenvalue weighted by Gasteiger charge is -2.25. The molecule has 0 bridgehead atoms. The molecule has 0 aliphatic carbocycles. The van der Waals surface area contributed by atoms with Crippen LogP contribution in [0.5, 0.6) is 5.75 Å². The zero-order valence-corrected chi connectivity index (χ0v) is 22.6. The molecule has 35 heavy (non-hydrogen) atoms. The lowest BCUT2D eigenvalue weighted by atomic mass is 9.85. The summed E-state index contributed by atoms with van der Waals surface area (Å²) >= 11 is 0. The van der Waals surface area contributed by atoms with Crippen molar-refractivity contribution in [1.82, 2.24) is 0 Å². The maximum absolute atomic E-state index is 13.3. The molecular weight excluding hydrogens is 436 g/mol. The molecule has 0 aliphatic rings. The summed E-state index contributed by atoms with van der Waals surface area (Å²) in [5, 5.41) is 0. The number of aryl methyl sites for hydroxylation is 1. The van der Waals surface area contributed by atoms with Crippen LogP contribution in [0, 0.1) is 0 Å². The van der Waals surface area contributed by atoms with E-state index < -0.39 is 0 Å². The van der Waals surface area contributed by atoms with Crippen LogP contribution in [0.3, 0.4) is 0 Å². The number of ether oxygens (including phenoxy) is 2. The van der Waals surface area contributed by atoms with Crippen molar-refractivity contribution in [3.63, 3.8) is 0 Å². The normalized spacial score (nSPS) is 12.2. The molecule has 0 N–H and O–H groups in total. The van der Waals surface area contributed by atoms with E-state index in [1.165, 1.54) is 11.1 Å². The van der Waals surface area contributed by atoms with Gasteiger partial charge in [-0.1, -0.05) is 65.3 Å². The van der Waals surface area contributed by atoms with Gasteiger partial charge in [-0.25, -0.2) is 4.79 Å². The van der Waals surface area contributed by atoms with E-state index in [0.29, 0.717) is 36.9 Å². The Morgan fingerprint density at radius 1 is 0.943 bits per heavy atom. The van der Waals surface area contributed by atoms with Gasteiger partial charge in [0.2, 0.25) is 0 Å². The standard InChI is InChI=1S/C31H44O4/c1-7-9-12-24-14-16-25(17-15-24)31(33)35-30-28(23(5)6)19-27(22(3)4)20-29(30)26(21-34-8-2)13-10-11-18-32/h14-20,22-23,26H,7-13,21H2,1-6H3. The zero-order chi connectivity index (χ0) is 25.8. The van der Waals surface area contributed by atoms with Gasteiger partial charge in [0.05, 0.1) is 12.2 Å². The van der Waals surface area contributed by atoms with E-state index in [4.69, 9.17) is 9.47 Å². The van der Waals surface area contributed by atoms with Crippen LogP contribution in [0.2, 0.25) is 0 Å². The maximum atomic E-state index is 13.3. The molecule has 192 valence electrons. The van der Waals surface area contributed by atoms with Gasteiger partial charge in [0.15, 0.2) is 0 Å². The summed E-state index contributed by atoms with van der Waals surface area (Å²) in [5.41, 5.74) is 5.06. The first-order valence-electron chi connectivity index (χ1n) is 13.3. The van der Waals surface area contributed by atoms with E-state index in [2.05, 4.69) is 46.8 Å². The average molecular weight is 481 g/mol. The second kappa shape index (κ2) is 14.8. The van der Waals surface area contributed by atoms with Gasteiger partial charge in [0, 0.05) is 24.5 Å². The molecule has 0 amide bonds. The molecule has 2 aromatic rings. The summed E-state index contributed by atoms with van der Waals surface area (Å²) in [4.78, 5) is 24.3. The predicted octanol–water partition coefficient (Wildman–Crippen LogP) is 7.98. The third-order valence-electron chi connectivity index (χ3n) is 6.50. The highest BCUT2D eigenvalue weighted by molar-refractivity contribution is 5.91. The summed E-state index contributed by atoms with van der Waals surface area (Å²) < 4.78 is 12.0. The lowest BCUT2D eigenvalue weighted by Crippen LogP contribution is -2.16. The number of rotatable bonds is 15. The molecule has 0 fully saturated rings. The second-order valence-corrected chi connectivity index (χ2v) is 9.98. The molecule has 0 radical (unpaired) electrons. The Balaban J connectivity index is 2.49. The molecule has 4 heteroatoms. The maximum Gasteiger partial charge on any atom is 0.343 e. The first-order chi connectivity index (χ1) is 16.8. The minimum Gasteiger partial charge on any atom is -0.422 e. The fourth-order valence-electron chi connectivity index (χ4n) is 4.26. The van der Waals surface area contributed by atoms with Crippen LogP contribution < -0.4 is 4.74 Å². The Labute approximate surface area is 212 Å². The first kappa shape index (κ1) is 28.8. The van der Waals surface area contributed by atoms with E-state index in [0.717, 1.165) is 49.5 Å². The van der Waals surface area contributed by atoms with Crippen molar-refractivity contribution in [1.29, 1.82) is 0 Å². The van der Waals surface area contributed by atoms with E-state index in [-0.39, 0.29) is 17.8 Å². The molecule has 0 aliphatic heterocycles. The average Bonchev–Trinajstić information content (AvgIpc) is 2.85. The van der Waals surface area contributed by atoms with Gasteiger partial charge in [-0.3, -0.25) is 0 Å². The largest absolute Gasteiger partial charge is 0.422 e. The SMILES string of the molecule is CCCCc1ccc(C(=O)Oc2c(C(C)C)cc(C(C)C)cc2C(CCCC=O)COCC)cc1. The van der Waals surface area contributed by atoms with Crippen molar-refractivity contribution >= 4 is 12.3 Å². The van der Waals surface area contributed by atoms with Gasteiger partial charge in [-0.2, -0.15) is 0 Å². The summed E-state index contributed by atoms with van der Waals surface area (Å²) in [5.74, 6) is 0.893. The number of aldehydes is 1. The van der Waals surface area contributed by atoms with Crippen molar-refractivity contribution in [2.75, 3.05) is 13.2 Å². The Bertz CT molecular complexity index is 928. The smallest absolute Gasteiger partial charge is 0.343 e. The van der Waals surface area contributed by atoms with Gasteiger partial charge >= 0.3 is 5.97 Å². The molecule has 2 rings (SSSR count). The number of unbranched alkanes of at least 4 members (excludes halogenated alkanes) is 2. The van der Waals surface area contributed by atoms with Crippen LogP contribution >= 0.6 is 0 Å². The van der Waals surface area contributed by atoms with Crippen LogP contribution in [0.15, 0.2) is 36.4 Å². The van der Waals surface area contributed by atoms with Crippen molar-refractivity contribution < 1.29 is 19.1 Å². The van der Waals surface area contributed by atoms with E-state index in [1.807, 2.05) is 31.2 Å². The highest BCUT2D eigenvalue weighted by Gasteiger charge is 2.25. The molecule has 0 saturated heterocycles. The van der Waals surface area contributed by atoms with Gasteiger partial charge in [-0.05, 0) is 73.3 Å². The number of hydrogen-bond donors (Lipinski definition) is 0. The summed E-state index contributed by atoms with van der Waals surface area (Å²) in [6, 6.07) is 12.1. The Morgan fingerprint density at radius 2 is 1.63 bits per heavy atom. The highest BCUT2D eigenvalue weighted by Crippen LogP contribution is 2.40. The van der Waals surface area contributed by atoms with Crippen LogP contribution in [-0.2, 0) is 16.0 Å². The first-order valence-corrected chi connectivity index (χ1v) is 13.3. The minimum absolute atomic E-state index is 0.0466. The number of carbonyl (C=O) groups excluding carboxylic acids is 2. The lowest BCUT2D eigenvalue weighted by molar-refractivity contribution is -0.108. The van der Waals surface area contributed by atoms with Crippen LogP contribution in [-0.4, -0.2) is 25.5 Å². The molecule has 1 atom stereocenters. The van der Waals surface area contributed by atoms with Crippen molar-refractivity contribution in [3.8, 4) is 5.75 Å². The third kappa shape index (κ3) is 8.61. The highest BCUT2D eigenvalue weighted by atomic mass is 16.5. The molecule has 0 saturated carbocycles. The van der Waals surface area contributed by atoms with Gasteiger partial charge in [0.1, 0.15) is 12.0 Å². The molecule has 0 aromatic heterocycles. The molecule has 1 unspecified atom stereocenters. The second-order valence-electron chi connectivity index (χ2n) is 9.98. The fraction of sp³-hybridized carbons (Fsp3) is 0.548. The fourth-order valence-corrected chi connectivity index (χ4v) is 4.26. The minimum atomic E-state index is -0.337. The third-order valence-corrected chi connectivity index (χ3v) is 6.50. The van der Waals surface area contributed by atoms with E-state index >= 15 is 0 Å². The summed E-state index contributed by atoms with van der Waals surface area (Å²) in [7, 11) is 0. The Kier molecular flexibility index (Phi) is 12.2. The molecule has 0 heterocycles. The van der Waals surface area contributed by atoms with E-state index in [9.17, 15) is 9.59 Å². The Hall–Kier alpha value is -2.46. The van der Waals surface area contributed by atoms with Gasteiger partial charge < -0.3 is 14.3 Å². The molecular formula is C31H44O4. The molecule has 0 spiro atoms. The monoisotopic (exact) mass is 480 g/mol. The van der Waals surface area contributed by atoms with Crippen molar-refractivity contribution in [3.05, 3.63) is 64.2 Å². The predicted molar refractivity (Wildman–Crippen MR) is 144 cm³/mol. The zero-order valence-electron chi connectivity index (χ0n) is 22.6. The summed E-state index contributed by atoms with van der Waals surface area (Å²) in [6.45, 7) is 13.9. The number of benzene rings is 2. The Morgan fingerprint density at radius 3 is 2.20 bits per heavy atom. The van der Waals surface area contributed by atoms with Crippen molar-refractivity contribution in [2.24, 2.45) is 0 Å². The van der Waals surface area contributed by atoms with Crippen LogP contribution in [0.1, 0.15) is 124 Å². The van der Waals surface area contributed by atoms with E-state index in [1.54, 1.807) is 0 Å². The number of hydrogen-bond acceptors (Lipinski definition) is 4. The topological polar surface area (TPSA) is 52.6 Å². The van der Waals surface area contributed by atoms with Gasteiger partial charge in [0.25, 0.3) is 0 Å². The number of esters is 1. The van der Waals surface area contributed by atoms with Crippen molar-refractivity contribution in [2.45, 2.75) is 97.8 Å².